The van der Waals surface area contributed by atoms with E-state index < -0.39 is 12.2 Å². The zero-order valence-electron chi connectivity index (χ0n) is 20.4. The summed E-state index contributed by atoms with van der Waals surface area (Å²) in [6, 6.07) is 0.466. The standard InChI is InChI=1S/C26H43NO4/c1-16(27(5)11-12-31-6)17-7-9-26(4)19-13-21(28)20-14-22(29)23(30)15-24(20,2)18(19)8-10-25(17,26)3/h13,16-18,20,22-23,29-30H,7-12,14-15H2,1-6H3/t16?,17-,18?,20+,22-,23+,24-,25-,26+/m1/s1. The van der Waals surface area contributed by atoms with Gasteiger partial charge in [0.1, 0.15) is 0 Å². The molecule has 0 radical (unpaired) electrons. The number of hydrogen-bond donors (Lipinski definition) is 2. The molecule has 4 rings (SSSR count). The maximum Gasteiger partial charge on any atom is 0.159 e. The van der Waals surface area contributed by atoms with Crippen LogP contribution in [0.1, 0.15) is 66.2 Å². The second-order valence-electron chi connectivity index (χ2n) is 11.8. The van der Waals surface area contributed by atoms with E-state index in [2.05, 4.69) is 39.6 Å². The van der Waals surface area contributed by atoms with Crippen molar-refractivity contribution in [1.29, 1.82) is 0 Å². The van der Waals surface area contributed by atoms with Crippen molar-refractivity contribution in [2.24, 2.45) is 34.0 Å². The highest BCUT2D eigenvalue weighted by Gasteiger charge is 2.65. The maximum absolute atomic E-state index is 13.3. The molecule has 5 nitrogen and oxygen atoms in total. The highest BCUT2D eigenvalue weighted by molar-refractivity contribution is 5.94. The van der Waals surface area contributed by atoms with Gasteiger partial charge in [-0.1, -0.05) is 26.3 Å². The third-order valence-corrected chi connectivity index (χ3v) is 10.7. The van der Waals surface area contributed by atoms with E-state index in [1.54, 1.807) is 7.11 Å². The summed E-state index contributed by atoms with van der Waals surface area (Å²) >= 11 is 0. The largest absolute Gasteiger partial charge is 0.390 e. The normalized spacial score (nSPS) is 48.1. The minimum atomic E-state index is -0.777. The van der Waals surface area contributed by atoms with Crippen LogP contribution < -0.4 is 0 Å². The molecule has 4 aliphatic rings. The van der Waals surface area contributed by atoms with Gasteiger partial charge in [0.05, 0.1) is 18.8 Å². The lowest BCUT2D eigenvalue weighted by Gasteiger charge is -2.61. The molecule has 0 spiro atoms. The highest BCUT2D eigenvalue weighted by atomic mass is 16.5. The Kier molecular flexibility index (Phi) is 5.99. The van der Waals surface area contributed by atoms with Crippen LogP contribution in [0, 0.1) is 34.0 Å². The van der Waals surface area contributed by atoms with Crippen molar-refractivity contribution < 1.29 is 19.7 Å². The van der Waals surface area contributed by atoms with Crippen LogP contribution in [0.25, 0.3) is 0 Å². The van der Waals surface area contributed by atoms with Crippen LogP contribution in [0.5, 0.6) is 0 Å². The van der Waals surface area contributed by atoms with E-state index in [1.165, 1.54) is 12.0 Å². The fourth-order valence-corrected chi connectivity index (χ4v) is 8.32. The quantitative estimate of drug-likeness (QED) is 0.695. The van der Waals surface area contributed by atoms with Gasteiger partial charge in [0, 0.05) is 25.6 Å². The van der Waals surface area contributed by atoms with E-state index in [0.717, 1.165) is 32.4 Å². The number of ether oxygens (including phenoxy) is 1. The van der Waals surface area contributed by atoms with Crippen LogP contribution in [-0.4, -0.2) is 66.5 Å². The Morgan fingerprint density at radius 3 is 2.55 bits per heavy atom. The van der Waals surface area contributed by atoms with Crippen molar-refractivity contribution in [1.82, 2.24) is 4.90 Å². The van der Waals surface area contributed by atoms with E-state index in [9.17, 15) is 15.0 Å². The number of aliphatic hydroxyl groups is 2. The molecule has 2 unspecified atom stereocenters. The number of carbonyl (C=O) groups excluding carboxylic acids is 1. The number of carbonyl (C=O) groups is 1. The van der Waals surface area contributed by atoms with E-state index >= 15 is 0 Å². The van der Waals surface area contributed by atoms with Gasteiger partial charge in [-0.15, -0.1) is 0 Å². The van der Waals surface area contributed by atoms with Crippen LogP contribution in [0.4, 0.5) is 0 Å². The van der Waals surface area contributed by atoms with Crippen LogP contribution in [0.2, 0.25) is 0 Å². The minimum Gasteiger partial charge on any atom is -0.390 e. The van der Waals surface area contributed by atoms with Gasteiger partial charge >= 0.3 is 0 Å². The first-order chi connectivity index (χ1) is 14.5. The summed E-state index contributed by atoms with van der Waals surface area (Å²) in [6.45, 7) is 11.1. The van der Waals surface area contributed by atoms with Crippen molar-refractivity contribution in [3.05, 3.63) is 11.6 Å². The zero-order valence-corrected chi connectivity index (χ0v) is 20.4. The summed E-state index contributed by atoms with van der Waals surface area (Å²) in [4.78, 5) is 15.8. The van der Waals surface area contributed by atoms with Crippen LogP contribution in [-0.2, 0) is 9.53 Å². The number of hydrogen-bond acceptors (Lipinski definition) is 5. The van der Waals surface area contributed by atoms with Gasteiger partial charge in [-0.2, -0.15) is 0 Å². The fraction of sp³-hybridized carbons (Fsp3) is 0.885. The summed E-state index contributed by atoms with van der Waals surface area (Å²) in [5.41, 5.74) is 1.28. The number of nitrogens with zero attached hydrogens (tertiary/aromatic N) is 1. The van der Waals surface area contributed by atoms with Crippen molar-refractivity contribution in [2.45, 2.75) is 84.5 Å². The first-order valence-electron chi connectivity index (χ1n) is 12.3. The lowest BCUT2D eigenvalue weighted by molar-refractivity contribution is -0.145. The number of fused-ring (bicyclic) bond motifs is 5. The Morgan fingerprint density at radius 1 is 1.16 bits per heavy atom. The van der Waals surface area contributed by atoms with Crippen molar-refractivity contribution in [3.8, 4) is 0 Å². The number of allylic oxidation sites excluding steroid dienone is 2. The fourth-order valence-electron chi connectivity index (χ4n) is 8.32. The maximum atomic E-state index is 13.3. The van der Waals surface area contributed by atoms with Crippen molar-refractivity contribution >= 4 is 5.78 Å². The summed E-state index contributed by atoms with van der Waals surface area (Å²) in [7, 11) is 3.97. The Morgan fingerprint density at radius 2 is 1.87 bits per heavy atom. The molecule has 0 bridgehead atoms. The summed E-state index contributed by atoms with van der Waals surface area (Å²) < 4.78 is 5.31. The Labute approximate surface area is 188 Å². The molecule has 3 fully saturated rings. The molecule has 176 valence electrons. The molecule has 4 aliphatic carbocycles. The molecule has 0 aromatic rings. The Balaban J connectivity index is 1.67. The predicted molar refractivity (Wildman–Crippen MR) is 122 cm³/mol. The van der Waals surface area contributed by atoms with E-state index in [4.69, 9.17) is 4.74 Å². The second-order valence-corrected chi connectivity index (χ2v) is 11.8. The molecular formula is C26H43NO4. The third-order valence-electron chi connectivity index (χ3n) is 10.7. The molecule has 3 saturated carbocycles. The summed E-state index contributed by atoms with van der Waals surface area (Å²) in [6.07, 6.45) is 5.96. The van der Waals surface area contributed by atoms with Crippen LogP contribution >= 0.6 is 0 Å². The molecule has 2 N–H and O–H groups in total. The number of ketones is 1. The molecule has 0 saturated heterocycles. The van der Waals surface area contributed by atoms with Gasteiger partial charge in [0.2, 0.25) is 0 Å². The predicted octanol–water partition coefficient (Wildman–Crippen LogP) is 3.43. The first-order valence-corrected chi connectivity index (χ1v) is 12.3. The molecule has 31 heavy (non-hydrogen) atoms. The lowest BCUT2D eigenvalue weighted by Crippen LogP contribution is -2.58. The number of likely N-dealkylation sites (N-methyl/N-ethyl adjacent to an activating group) is 1. The average Bonchev–Trinajstić information content (AvgIpc) is 2.99. The SMILES string of the molecule is COCCN(C)C(C)[C@H]1CC[C@@]2(C)C3=CC(=O)[C@@H]4C[C@@H](O)[C@@H](O)C[C@]4(C)C3CC[C@]12C. The van der Waals surface area contributed by atoms with Crippen LogP contribution in [0.15, 0.2) is 11.6 Å². The smallest absolute Gasteiger partial charge is 0.159 e. The van der Waals surface area contributed by atoms with Gasteiger partial charge in [0.15, 0.2) is 5.78 Å². The Bertz CT molecular complexity index is 752. The Hall–Kier alpha value is -0.750. The molecule has 9 atom stereocenters. The minimum absolute atomic E-state index is 0.0155. The number of aliphatic hydroxyl groups excluding tert-OH is 2. The van der Waals surface area contributed by atoms with Gasteiger partial charge in [-0.3, -0.25) is 4.79 Å². The van der Waals surface area contributed by atoms with E-state index in [-0.39, 0.29) is 27.9 Å². The van der Waals surface area contributed by atoms with E-state index in [1.807, 2.05) is 6.08 Å². The van der Waals surface area contributed by atoms with Gasteiger partial charge < -0.3 is 19.8 Å². The van der Waals surface area contributed by atoms with Gasteiger partial charge in [-0.05, 0) is 86.7 Å². The molecule has 0 aromatic carbocycles. The lowest BCUT2D eigenvalue weighted by atomic mass is 9.43. The molecule has 0 aromatic heterocycles. The highest BCUT2D eigenvalue weighted by Crippen LogP contribution is 2.71. The monoisotopic (exact) mass is 433 g/mol. The molecule has 0 heterocycles. The van der Waals surface area contributed by atoms with E-state index in [0.29, 0.717) is 30.7 Å². The van der Waals surface area contributed by atoms with Gasteiger partial charge in [-0.25, -0.2) is 0 Å². The second kappa shape index (κ2) is 7.93. The molecule has 5 heteroatoms. The number of rotatable bonds is 5. The molecule has 0 aliphatic heterocycles. The molecular weight excluding hydrogens is 390 g/mol. The van der Waals surface area contributed by atoms with Gasteiger partial charge in [0.25, 0.3) is 0 Å². The zero-order chi connectivity index (χ0) is 22.8. The van der Waals surface area contributed by atoms with Crippen molar-refractivity contribution in [2.75, 3.05) is 27.3 Å². The number of methoxy groups -OCH3 is 1. The first kappa shape index (κ1) is 23.4. The summed E-state index contributed by atoms with van der Waals surface area (Å²) in [5.74, 6) is 0.930. The topological polar surface area (TPSA) is 70.0 Å². The van der Waals surface area contributed by atoms with Crippen molar-refractivity contribution in [3.63, 3.8) is 0 Å². The average molecular weight is 434 g/mol. The molecule has 0 amide bonds. The third kappa shape index (κ3) is 3.29. The summed E-state index contributed by atoms with van der Waals surface area (Å²) in [5, 5.41) is 20.8. The van der Waals surface area contributed by atoms with Crippen LogP contribution in [0.3, 0.4) is 0 Å².